The Balaban J connectivity index is 2.28. The van der Waals surface area contributed by atoms with Gasteiger partial charge in [0.05, 0.1) is 11.5 Å². The summed E-state index contributed by atoms with van der Waals surface area (Å²) >= 11 is 1.65. The number of benzene rings is 1. The minimum atomic E-state index is -0.524. The molecule has 2 unspecified atom stereocenters. The van der Waals surface area contributed by atoms with Crippen molar-refractivity contribution in [3.05, 3.63) is 58.3 Å². The number of rotatable bonds is 6. The van der Waals surface area contributed by atoms with E-state index in [0.29, 0.717) is 6.54 Å². The van der Waals surface area contributed by atoms with Gasteiger partial charge in [-0.05, 0) is 30.4 Å². The molecule has 112 valence electrons. The maximum atomic E-state index is 12.6. The molecule has 2 aromatic rings. The van der Waals surface area contributed by atoms with E-state index >= 15 is 0 Å². The summed E-state index contributed by atoms with van der Waals surface area (Å²) in [6, 6.07) is 14.0. The van der Waals surface area contributed by atoms with Gasteiger partial charge in [-0.3, -0.25) is 4.79 Å². The number of carbonyl (C=O) groups excluding carboxylic acids is 1. The zero-order chi connectivity index (χ0) is 15.3. The topological polar surface area (TPSA) is 55.1 Å². The van der Waals surface area contributed by atoms with Crippen molar-refractivity contribution < 1.29 is 4.79 Å². The molecule has 0 aliphatic carbocycles. The van der Waals surface area contributed by atoms with Crippen molar-refractivity contribution in [3.8, 4) is 0 Å². The lowest BCUT2D eigenvalue weighted by Crippen LogP contribution is -2.44. The van der Waals surface area contributed by atoms with Crippen LogP contribution >= 0.6 is 11.3 Å². The maximum absolute atomic E-state index is 12.6. The van der Waals surface area contributed by atoms with Crippen molar-refractivity contribution in [3.63, 3.8) is 0 Å². The lowest BCUT2D eigenvalue weighted by Gasteiger charge is -2.28. The third kappa shape index (κ3) is 3.52. The molecule has 2 atom stereocenters. The Labute approximate surface area is 130 Å². The van der Waals surface area contributed by atoms with Crippen LogP contribution in [0.25, 0.3) is 0 Å². The number of carbonyl (C=O) groups is 1. The normalized spacial score (nSPS) is 15.2. The smallest absolute Gasteiger partial charge is 0.227 e. The van der Waals surface area contributed by atoms with Gasteiger partial charge in [0.25, 0.3) is 0 Å². The Morgan fingerprint density at radius 3 is 2.52 bits per heavy atom. The van der Waals surface area contributed by atoms with E-state index in [1.54, 1.807) is 11.3 Å². The van der Waals surface area contributed by atoms with Crippen LogP contribution in [-0.2, 0) is 4.79 Å². The van der Waals surface area contributed by atoms with Gasteiger partial charge < -0.3 is 11.1 Å². The quantitative estimate of drug-likeness (QED) is 0.860. The van der Waals surface area contributed by atoms with Crippen LogP contribution in [0, 0.1) is 5.41 Å². The molecule has 0 fully saturated rings. The van der Waals surface area contributed by atoms with Crippen LogP contribution in [0.4, 0.5) is 0 Å². The second-order valence-electron chi connectivity index (χ2n) is 5.45. The first kappa shape index (κ1) is 15.7. The molecule has 0 aliphatic heterocycles. The lowest BCUT2D eigenvalue weighted by atomic mass is 9.86. The predicted octanol–water partition coefficient (Wildman–Crippen LogP) is 3.33. The molecule has 0 radical (unpaired) electrons. The van der Waals surface area contributed by atoms with Crippen molar-refractivity contribution in [2.45, 2.75) is 26.3 Å². The van der Waals surface area contributed by atoms with Crippen LogP contribution in [0.15, 0.2) is 47.8 Å². The highest BCUT2D eigenvalue weighted by Crippen LogP contribution is 2.28. The third-order valence-electron chi connectivity index (χ3n) is 4.02. The number of nitrogens with two attached hydrogens (primary N) is 1. The average molecular weight is 302 g/mol. The van der Waals surface area contributed by atoms with Crippen molar-refractivity contribution in [1.29, 1.82) is 0 Å². The molecule has 0 saturated carbocycles. The molecule has 3 N–H and O–H groups in total. The van der Waals surface area contributed by atoms with Crippen LogP contribution < -0.4 is 11.1 Å². The first-order valence-electron chi connectivity index (χ1n) is 7.20. The van der Waals surface area contributed by atoms with Gasteiger partial charge in [0.1, 0.15) is 0 Å². The summed E-state index contributed by atoms with van der Waals surface area (Å²) in [6.45, 7) is 4.26. The largest absolute Gasteiger partial charge is 0.344 e. The van der Waals surface area contributed by atoms with Crippen LogP contribution in [0.3, 0.4) is 0 Å². The highest BCUT2D eigenvalue weighted by molar-refractivity contribution is 7.10. The first-order chi connectivity index (χ1) is 10.1. The summed E-state index contributed by atoms with van der Waals surface area (Å²) < 4.78 is 0. The Hall–Kier alpha value is -1.65. The van der Waals surface area contributed by atoms with Crippen LogP contribution in [0.1, 0.15) is 36.8 Å². The molecule has 0 bridgehead atoms. The molecule has 21 heavy (non-hydrogen) atoms. The number of hydrogen-bond acceptors (Lipinski definition) is 3. The zero-order valence-electron chi connectivity index (χ0n) is 12.5. The van der Waals surface area contributed by atoms with E-state index in [-0.39, 0.29) is 11.9 Å². The van der Waals surface area contributed by atoms with E-state index < -0.39 is 5.41 Å². The molecule has 4 heteroatoms. The molecule has 1 aromatic carbocycles. The highest BCUT2D eigenvalue weighted by atomic mass is 32.1. The van der Waals surface area contributed by atoms with Gasteiger partial charge in [0, 0.05) is 11.4 Å². The molecule has 1 heterocycles. The predicted molar refractivity (Wildman–Crippen MR) is 88.2 cm³/mol. The van der Waals surface area contributed by atoms with Crippen LogP contribution in [0.5, 0.6) is 0 Å². The Kier molecular flexibility index (Phi) is 5.15. The molecule has 3 nitrogen and oxygen atoms in total. The molecule has 0 saturated heterocycles. The van der Waals surface area contributed by atoms with Crippen molar-refractivity contribution in [1.82, 2.24) is 5.32 Å². The van der Waals surface area contributed by atoms with E-state index in [1.165, 1.54) is 0 Å². The first-order valence-corrected chi connectivity index (χ1v) is 8.08. The number of amides is 1. The standard InChI is InChI=1S/C17H22N2OS/c1-3-17(2,12-18)16(20)19-15(14-10-7-11-21-14)13-8-5-4-6-9-13/h4-11,15H,3,12,18H2,1-2H3,(H,19,20). The van der Waals surface area contributed by atoms with Gasteiger partial charge in [0.2, 0.25) is 5.91 Å². The lowest BCUT2D eigenvalue weighted by molar-refractivity contribution is -0.130. The van der Waals surface area contributed by atoms with Crippen molar-refractivity contribution in [2.24, 2.45) is 11.1 Å². The molecular formula is C17H22N2OS. The summed E-state index contributed by atoms with van der Waals surface area (Å²) in [5, 5.41) is 5.20. The van der Waals surface area contributed by atoms with E-state index in [2.05, 4.69) is 5.32 Å². The molecule has 1 aromatic heterocycles. The van der Waals surface area contributed by atoms with E-state index in [1.807, 2.05) is 61.7 Å². The molecule has 0 aliphatic rings. The summed E-state index contributed by atoms with van der Waals surface area (Å²) in [5.74, 6) is 0.00903. The minimum absolute atomic E-state index is 0.00903. The van der Waals surface area contributed by atoms with E-state index in [9.17, 15) is 4.79 Å². The Morgan fingerprint density at radius 2 is 2.00 bits per heavy atom. The molecule has 2 rings (SSSR count). The average Bonchev–Trinajstić information content (AvgIpc) is 3.06. The summed E-state index contributed by atoms with van der Waals surface area (Å²) in [5.41, 5.74) is 6.36. The molecule has 0 spiro atoms. The summed E-state index contributed by atoms with van der Waals surface area (Å²) in [6.07, 6.45) is 0.723. The fraction of sp³-hybridized carbons (Fsp3) is 0.353. The fourth-order valence-corrected chi connectivity index (χ4v) is 2.93. The minimum Gasteiger partial charge on any atom is -0.344 e. The summed E-state index contributed by atoms with van der Waals surface area (Å²) in [7, 11) is 0. The number of thiophene rings is 1. The molecule has 1 amide bonds. The zero-order valence-corrected chi connectivity index (χ0v) is 13.3. The second kappa shape index (κ2) is 6.87. The third-order valence-corrected chi connectivity index (χ3v) is 4.95. The van der Waals surface area contributed by atoms with Gasteiger partial charge in [-0.2, -0.15) is 0 Å². The number of hydrogen-bond donors (Lipinski definition) is 2. The van der Waals surface area contributed by atoms with E-state index in [0.717, 1.165) is 16.9 Å². The number of nitrogens with one attached hydrogen (secondary N) is 1. The monoisotopic (exact) mass is 302 g/mol. The SMILES string of the molecule is CCC(C)(CN)C(=O)NC(c1ccccc1)c1cccs1. The van der Waals surface area contributed by atoms with Gasteiger partial charge in [-0.1, -0.05) is 43.3 Å². The van der Waals surface area contributed by atoms with Crippen LogP contribution in [0.2, 0.25) is 0 Å². The van der Waals surface area contributed by atoms with Gasteiger partial charge in [-0.15, -0.1) is 11.3 Å². The Bertz CT molecular complexity index is 562. The van der Waals surface area contributed by atoms with Gasteiger partial charge in [-0.25, -0.2) is 0 Å². The van der Waals surface area contributed by atoms with Crippen LogP contribution in [-0.4, -0.2) is 12.5 Å². The molecular weight excluding hydrogens is 280 g/mol. The fourth-order valence-electron chi connectivity index (χ4n) is 2.12. The van der Waals surface area contributed by atoms with Gasteiger partial charge >= 0.3 is 0 Å². The highest BCUT2D eigenvalue weighted by Gasteiger charge is 2.32. The maximum Gasteiger partial charge on any atom is 0.227 e. The second-order valence-corrected chi connectivity index (χ2v) is 6.43. The Morgan fingerprint density at radius 1 is 1.29 bits per heavy atom. The van der Waals surface area contributed by atoms with Crippen molar-refractivity contribution >= 4 is 17.2 Å². The van der Waals surface area contributed by atoms with Gasteiger partial charge in [0.15, 0.2) is 0 Å². The van der Waals surface area contributed by atoms with E-state index in [4.69, 9.17) is 5.73 Å². The summed E-state index contributed by atoms with van der Waals surface area (Å²) in [4.78, 5) is 13.7. The van der Waals surface area contributed by atoms with Crippen molar-refractivity contribution in [2.75, 3.05) is 6.54 Å².